The zero-order chi connectivity index (χ0) is 15.0. The second kappa shape index (κ2) is 7.37. The standard InChI is InChI=1S/C14H19NO5/c1-14(2,3)20-13(17)15-8-10-19-12(16)7-6-11-5-4-9-18-11/h4-7,9H,8,10H2,1-3H3,(H,15,17)/b7-6+. The Morgan fingerprint density at radius 2 is 2.15 bits per heavy atom. The van der Waals surface area contributed by atoms with Crippen LogP contribution in [0.4, 0.5) is 4.79 Å². The molecule has 20 heavy (non-hydrogen) atoms. The Bertz CT molecular complexity index is 456. The molecule has 0 aromatic carbocycles. The highest BCUT2D eigenvalue weighted by molar-refractivity contribution is 5.86. The summed E-state index contributed by atoms with van der Waals surface area (Å²) in [5.74, 6) is 0.0567. The summed E-state index contributed by atoms with van der Waals surface area (Å²) in [6, 6.07) is 3.43. The van der Waals surface area contributed by atoms with Crippen LogP contribution in [-0.2, 0) is 14.3 Å². The third-order valence-electron chi connectivity index (χ3n) is 1.94. The molecule has 0 spiro atoms. The van der Waals surface area contributed by atoms with Crippen molar-refractivity contribution >= 4 is 18.1 Å². The maximum absolute atomic E-state index is 11.3. The Labute approximate surface area is 117 Å². The summed E-state index contributed by atoms with van der Waals surface area (Å²) in [7, 11) is 0. The predicted octanol–water partition coefficient (Wildman–Crippen LogP) is 2.36. The molecule has 6 heteroatoms. The number of amides is 1. The quantitative estimate of drug-likeness (QED) is 0.509. The van der Waals surface area contributed by atoms with Crippen molar-refractivity contribution in [2.75, 3.05) is 13.2 Å². The van der Waals surface area contributed by atoms with Gasteiger partial charge in [0, 0.05) is 6.08 Å². The van der Waals surface area contributed by atoms with Crippen LogP contribution in [0, 0.1) is 0 Å². The number of esters is 1. The fraction of sp³-hybridized carbons (Fsp3) is 0.429. The molecule has 0 aliphatic rings. The predicted molar refractivity (Wildman–Crippen MR) is 72.9 cm³/mol. The zero-order valence-corrected chi connectivity index (χ0v) is 11.8. The molecule has 0 aliphatic carbocycles. The zero-order valence-electron chi connectivity index (χ0n) is 11.8. The molecular weight excluding hydrogens is 262 g/mol. The largest absolute Gasteiger partial charge is 0.465 e. The van der Waals surface area contributed by atoms with Gasteiger partial charge < -0.3 is 19.2 Å². The van der Waals surface area contributed by atoms with Gasteiger partial charge in [0.15, 0.2) is 0 Å². The van der Waals surface area contributed by atoms with Gasteiger partial charge in [-0.25, -0.2) is 9.59 Å². The number of nitrogens with one attached hydrogen (secondary N) is 1. The Hall–Kier alpha value is -2.24. The first kappa shape index (κ1) is 15.8. The average molecular weight is 281 g/mol. The number of alkyl carbamates (subject to hydrolysis) is 1. The van der Waals surface area contributed by atoms with Crippen LogP contribution >= 0.6 is 0 Å². The Morgan fingerprint density at radius 3 is 2.75 bits per heavy atom. The van der Waals surface area contributed by atoms with Gasteiger partial charge in [0.05, 0.1) is 12.8 Å². The first-order valence-electron chi connectivity index (χ1n) is 6.22. The van der Waals surface area contributed by atoms with Gasteiger partial charge in [0.1, 0.15) is 18.0 Å². The van der Waals surface area contributed by atoms with Gasteiger partial charge in [0.2, 0.25) is 0 Å². The molecule has 0 saturated heterocycles. The first-order valence-corrected chi connectivity index (χ1v) is 6.22. The molecule has 0 bridgehead atoms. The number of carbonyl (C=O) groups excluding carboxylic acids is 2. The van der Waals surface area contributed by atoms with E-state index in [1.54, 1.807) is 32.9 Å². The lowest BCUT2D eigenvalue weighted by atomic mass is 10.2. The van der Waals surface area contributed by atoms with Crippen LogP contribution < -0.4 is 5.32 Å². The van der Waals surface area contributed by atoms with E-state index in [9.17, 15) is 9.59 Å². The molecule has 0 saturated carbocycles. The molecule has 1 amide bonds. The highest BCUT2D eigenvalue weighted by Crippen LogP contribution is 2.06. The van der Waals surface area contributed by atoms with Crippen LogP contribution in [0.25, 0.3) is 6.08 Å². The fourth-order valence-electron chi connectivity index (χ4n) is 1.20. The number of hydrogen-bond acceptors (Lipinski definition) is 5. The third kappa shape index (κ3) is 7.25. The van der Waals surface area contributed by atoms with Crippen molar-refractivity contribution in [3.8, 4) is 0 Å². The van der Waals surface area contributed by atoms with Crippen molar-refractivity contribution in [2.45, 2.75) is 26.4 Å². The van der Waals surface area contributed by atoms with Crippen molar-refractivity contribution in [3.05, 3.63) is 30.2 Å². The summed E-state index contributed by atoms with van der Waals surface area (Å²) in [5.41, 5.74) is -0.549. The lowest BCUT2D eigenvalue weighted by Gasteiger charge is -2.19. The van der Waals surface area contributed by atoms with Gasteiger partial charge in [-0.15, -0.1) is 0 Å². The summed E-state index contributed by atoms with van der Waals surface area (Å²) in [5, 5.41) is 2.48. The van der Waals surface area contributed by atoms with E-state index < -0.39 is 17.7 Å². The number of furan rings is 1. The number of carbonyl (C=O) groups is 2. The summed E-state index contributed by atoms with van der Waals surface area (Å²) in [6.07, 6.45) is 3.73. The van der Waals surface area contributed by atoms with Crippen molar-refractivity contribution in [2.24, 2.45) is 0 Å². The molecule has 6 nitrogen and oxygen atoms in total. The Morgan fingerprint density at radius 1 is 1.40 bits per heavy atom. The van der Waals surface area contributed by atoms with E-state index in [4.69, 9.17) is 13.9 Å². The summed E-state index contributed by atoms with van der Waals surface area (Å²) >= 11 is 0. The lowest BCUT2D eigenvalue weighted by molar-refractivity contribution is -0.137. The van der Waals surface area contributed by atoms with Crippen LogP contribution in [0.2, 0.25) is 0 Å². The van der Waals surface area contributed by atoms with Crippen LogP contribution in [0.5, 0.6) is 0 Å². The summed E-state index contributed by atoms with van der Waals surface area (Å²) in [4.78, 5) is 22.6. The van der Waals surface area contributed by atoms with Gasteiger partial charge in [-0.3, -0.25) is 0 Å². The second-order valence-electron chi connectivity index (χ2n) is 4.94. The smallest absolute Gasteiger partial charge is 0.407 e. The normalized spacial score (nSPS) is 11.3. The van der Waals surface area contributed by atoms with Gasteiger partial charge >= 0.3 is 12.1 Å². The summed E-state index contributed by atoms with van der Waals surface area (Å²) < 4.78 is 14.9. The van der Waals surface area contributed by atoms with Crippen molar-refractivity contribution in [1.82, 2.24) is 5.32 Å². The molecule has 0 atom stereocenters. The van der Waals surface area contributed by atoms with Crippen molar-refractivity contribution in [1.29, 1.82) is 0 Å². The monoisotopic (exact) mass is 281 g/mol. The van der Waals surface area contributed by atoms with E-state index in [-0.39, 0.29) is 13.2 Å². The number of ether oxygens (including phenoxy) is 2. The molecule has 1 N–H and O–H groups in total. The molecular formula is C14H19NO5. The highest BCUT2D eigenvalue weighted by Gasteiger charge is 2.15. The van der Waals surface area contributed by atoms with Gasteiger partial charge in [-0.05, 0) is 39.0 Å². The molecule has 1 rings (SSSR count). The van der Waals surface area contributed by atoms with Crippen LogP contribution in [0.1, 0.15) is 26.5 Å². The van der Waals surface area contributed by atoms with Crippen LogP contribution in [0.15, 0.2) is 28.9 Å². The van der Waals surface area contributed by atoms with Crippen molar-refractivity contribution in [3.63, 3.8) is 0 Å². The van der Waals surface area contributed by atoms with E-state index >= 15 is 0 Å². The fourth-order valence-corrected chi connectivity index (χ4v) is 1.20. The Kier molecular flexibility index (Phi) is 5.83. The molecule has 1 aromatic rings. The van der Waals surface area contributed by atoms with Crippen molar-refractivity contribution < 1.29 is 23.5 Å². The second-order valence-corrected chi connectivity index (χ2v) is 4.94. The molecule has 1 heterocycles. The Balaban J connectivity index is 2.15. The van der Waals surface area contributed by atoms with Gasteiger partial charge in [0.25, 0.3) is 0 Å². The minimum absolute atomic E-state index is 0.0700. The SMILES string of the molecule is CC(C)(C)OC(=O)NCCOC(=O)/C=C/c1ccco1. The van der Waals surface area contributed by atoms with Crippen LogP contribution in [-0.4, -0.2) is 30.8 Å². The molecule has 0 radical (unpaired) electrons. The minimum Gasteiger partial charge on any atom is -0.465 e. The molecule has 110 valence electrons. The molecule has 1 aromatic heterocycles. The van der Waals surface area contributed by atoms with E-state index in [1.807, 2.05) is 0 Å². The number of rotatable bonds is 5. The minimum atomic E-state index is -0.549. The van der Waals surface area contributed by atoms with E-state index in [1.165, 1.54) is 18.4 Å². The lowest BCUT2D eigenvalue weighted by Crippen LogP contribution is -2.34. The highest BCUT2D eigenvalue weighted by atomic mass is 16.6. The maximum atomic E-state index is 11.3. The van der Waals surface area contributed by atoms with E-state index in [2.05, 4.69) is 5.32 Å². The van der Waals surface area contributed by atoms with Crippen LogP contribution in [0.3, 0.4) is 0 Å². The third-order valence-corrected chi connectivity index (χ3v) is 1.94. The maximum Gasteiger partial charge on any atom is 0.407 e. The average Bonchev–Trinajstić information content (AvgIpc) is 2.83. The molecule has 0 unspecified atom stereocenters. The molecule has 0 fully saturated rings. The van der Waals surface area contributed by atoms with E-state index in [0.717, 1.165) is 0 Å². The van der Waals surface area contributed by atoms with E-state index in [0.29, 0.717) is 5.76 Å². The first-order chi connectivity index (χ1) is 9.37. The topological polar surface area (TPSA) is 77.8 Å². The summed E-state index contributed by atoms with van der Waals surface area (Å²) in [6.45, 7) is 5.57. The molecule has 0 aliphatic heterocycles. The number of hydrogen-bond donors (Lipinski definition) is 1. The van der Waals surface area contributed by atoms with Gasteiger partial charge in [-0.1, -0.05) is 0 Å². The van der Waals surface area contributed by atoms with Gasteiger partial charge in [-0.2, -0.15) is 0 Å².